The highest BCUT2D eigenvalue weighted by Crippen LogP contribution is 2.84. The number of methoxy groups -OCH3 is 3. The molecule has 4 fully saturated rings. The molecule has 6 atom stereocenters. The van der Waals surface area contributed by atoms with E-state index in [0.29, 0.717) is 12.8 Å². The molecule has 4 rings (SSSR count). The first-order valence-corrected chi connectivity index (χ1v) is 8.59. The molecule has 24 heavy (non-hydrogen) atoms. The Labute approximate surface area is 140 Å². The molecule has 0 amide bonds. The summed E-state index contributed by atoms with van der Waals surface area (Å²) in [6.45, 7) is 0. The van der Waals surface area contributed by atoms with Crippen molar-refractivity contribution in [2.75, 3.05) is 21.3 Å². The van der Waals surface area contributed by atoms with Gasteiger partial charge in [-0.15, -0.1) is 0 Å². The third-order valence-electron chi connectivity index (χ3n) is 6.75. The Morgan fingerprint density at radius 3 is 2.46 bits per heavy atom. The van der Waals surface area contributed by atoms with Crippen LogP contribution in [0.1, 0.15) is 38.5 Å². The van der Waals surface area contributed by atoms with Crippen molar-refractivity contribution in [2.24, 2.45) is 16.7 Å². The SMILES string of the molecule is COC(=O)[C@]12[C@H]3C(=O)O[C@@H]4O[C@H](OC)[C@@]31CCCCCC[C@@]42OC. The zero-order valence-corrected chi connectivity index (χ0v) is 14.3. The Bertz CT molecular complexity index is 577. The van der Waals surface area contributed by atoms with Gasteiger partial charge in [0.1, 0.15) is 11.0 Å². The van der Waals surface area contributed by atoms with E-state index in [4.69, 9.17) is 23.7 Å². The molecule has 0 aromatic rings. The van der Waals surface area contributed by atoms with Crippen LogP contribution in [0.25, 0.3) is 0 Å². The van der Waals surface area contributed by atoms with Crippen molar-refractivity contribution in [3.05, 3.63) is 0 Å². The maximum absolute atomic E-state index is 13.1. The van der Waals surface area contributed by atoms with Gasteiger partial charge >= 0.3 is 11.9 Å². The van der Waals surface area contributed by atoms with Crippen LogP contribution in [-0.4, -0.2) is 51.4 Å². The highest BCUT2D eigenvalue weighted by molar-refractivity contribution is 5.97. The number of carbonyl (C=O) groups excluding carboxylic acids is 2. The third kappa shape index (κ3) is 1.46. The summed E-state index contributed by atoms with van der Waals surface area (Å²) in [5, 5.41) is 0. The molecule has 0 radical (unpaired) electrons. The summed E-state index contributed by atoms with van der Waals surface area (Å²) in [5.74, 6) is -1.46. The van der Waals surface area contributed by atoms with Crippen LogP contribution < -0.4 is 0 Å². The minimum atomic E-state index is -1.09. The van der Waals surface area contributed by atoms with Crippen molar-refractivity contribution in [3.8, 4) is 0 Å². The summed E-state index contributed by atoms with van der Waals surface area (Å²) >= 11 is 0. The second-order valence-electron chi connectivity index (χ2n) is 7.25. The van der Waals surface area contributed by atoms with Gasteiger partial charge in [0.15, 0.2) is 6.29 Å². The van der Waals surface area contributed by atoms with Crippen LogP contribution in [0.2, 0.25) is 0 Å². The van der Waals surface area contributed by atoms with E-state index in [2.05, 4.69) is 0 Å². The lowest BCUT2D eigenvalue weighted by Crippen LogP contribution is -2.66. The molecule has 2 saturated carbocycles. The summed E-state index contributed by atoms with van der Waals surface area (Å²) in [4.78, 5) is 25.7. The monoisotopic (exact) mass is 340 g/mol. The van der Waals surface area contributed by atoms with Crippen LogP contribution in [0, 0.1) is 16.7 Å². The van der Waals surface area contributed by atoms with E-state index in [9.17, 15) is 9.59 Å². The van der Waals surface area contributed by atoms with Gasteiger partial charge in [-0.25, -0.2) is 0 Å². The van der Waals surface area contributed by atoms with E-state index in [1.165, 1.54) is 14.2 Å². The fraction of sp³-hybridized carbons (Fsp3) is 0.882. The van der Waals surface area contributed by atoms with Crippen LogP contribution in [0.4, 0.5) is 0 Å². The molecule has 2 heterocycles. The van der Waals surface area contributed by atoms with E-state index in [1.54, 1.807) is 7.11 Å². The summed E-state index contributed by atoms with van der Waals surface area (Å²) in [7, 11) is 4.46. The molecule has 0 aromatic carbocycles. The van der Waals surface area contributed by atoms with Crippen molar-refractivity contribution >= 4 is 11.9 Å². The van der Waals surface area contributed by atoms with Gasteiger partial charge in [-0.3, -0.25) is 9.59 Å². The predicted molar refractivity (Wildman–Crippen MR) is 79.6 cm³/mol. The summed E-state index contributed by atoms with van der Waals surface area (Å²) in [6, 6.07) is 0. The minimum Gasteiger partial charge on any atom is -0.468 e. The molecule has 0 N–H and O–H groups in total. The zero-order chi connectivity index (χ0) is 17.2. The second-order valence-corrected chi connectivity index (χ2v) is 7.25. The Morgan fingerprint density at radius 1 is 1.12 bits per heavy atom. The Kier molecular flexibility index (Phi) is 3.50. The summed E-state index contributed by atoms with van der Waals surface area (Å²) in [5.41, 5.74) is -2.88. The zero-order valence-electron chi connectivity index (χ0n) is 14.3. The van der Waals surface area contributed by atoms with Crippen LogP contribution in [-0.2, 0) is 33.3 Å². The maximum Gasteiger partial charge on any atom is 0.316 e. The molecule has 7 heteroatoms. The Hall–Kier alpha value is -1.18. The number of carbonyl (C=O) groups is 2. The number of ether oxygens (including phenoxy) is 5. The molecule has 134 valence electrons. The number of esters is 2. The highest BCUT2D eigenvalue weighted by Gasteiger charge is 2.99. The standard InChI is InChI=1S/C17H24O7/c1-20-12(19)17-10-11(18)23-14-16(17,22-3)9-7-5-4-6-8-15(10,17)13(21-2)24-14/h10,13-14H,4-9H2,1-3H3/t10-,13-,14+,15+,16+,17+/m0/s1. The number of hydrogen-bond donors (Lipinski definition) is 0. The van der Waals surface area contributed by atoms with Crippen LogP contribution in [0.5, 0.6) is 0 Å². The minimum absolute atomic E-state index is 0.404. The topological polar surface area (TPSA) is 80.3 Å². The smallest absolute Gasteiger partial charge is 0.316 e. The molecule has 0 spiro atoms. The highest BCUT2D eigenvalue weighted by atomic mass is 16.8. The van der Waals surface area contributed by atoms with E-state index in [0.717, 1.165) is 25.7 Å². The van der Waals surface area contributed by atoms with Crippen molar-refractivity contribution < 1.29 is 33.3 Å². The molecule has 0 aromatic heterocycles. The Balaban J connectivity index is 1.97. The fourth-order valence-corrected chi connectivity index (χ4v) is 5.93. The number of rotatable bonds is 3. The lowest BCUT2D eigenvalue weighted by Gasteiger charge is -2.51. The van der Waals surface area contributed by atoms with Gasteiger partial charge in [0, 0.05) is 14.2 Å². The van der Waals surface area contributed by atoms with E-state index >= 15 is 0 Å². The van der Waals surface area contributed by atoms with E-state index < -0.39 is 46.9 Å². The first-order valence-electron chi connectivity index (χ1n) is 8.59. The first-order chi connectivity index (χ1) is 11.6. The molecule has 0 unspecified atom stereocenters. The number of hydrogen-bond acceptors (Lipinski definition) is 7. The van der Waals surface area contributed by atoms with Crippen LogP contribution in [0.3, 0.4) is 0 Å². The lowest BCUT2D eigenvalue weighted by atomic mass is 9.70. The first kappa shape index (κ1) is 16.3. The van der Waals surface area contributed by atoms with Gasteiger partial charge < -0.3 is 23.7 Å². The fourth-order valence-electron chi connectivity index (χ4n) is 5.93. The molecule has 7 nitrogen and oxygen atoms in total. The van der Waals surface area contributed by atoms with Crippen molar-refractivity contribution in [2.45, 2.75) is 56.7 Å². The van der Waals surface area contributed by atoms with E-state index in [1.807, 2.05) is 0 Å². The van der Waals surface area contributed by atoms with Gasteiger partial charge in [0.2, 0.25) is 6.29 Å². The molecule has 4 bridgehead atoms. The van der Waals surface area contributed by atoms with Gasteiger partial charge in [0.25, 0.3) is 0 Å². The van der Waals surface area contributed by atoms with Crippen molar-refractivity contribution in [1.29, 1.82) is 0 Å². The van der Waals surface area contributed by atoms with Gasteiger partial charge in [0.05, 0.1) is 18.4 Å². The largest absolute Gasteiger partial charge is 0.468 e. The molecular formula is C17H24O7. The average Bonchev–Trinajstić information content (AvgIpc) is 3.25. The predicted octanol–water partition coefficient (Wildman–Crippen LogP) is 1.39. The van der Waals surface area contributed by atoms with Crippen molar-refractivity contribution in [1.82, 2.24) is 0 Å². The second kappa shape index (κ2) is 5.16. The quantitative estimate of drug-likeness (QED) is 0.718. The van der Waals surface area contributed by atoms with Gasteiger partial charge in [-0.05, 0) is 12.8 Å². The van der Waals surface area contributed by atoms with Crippen LogP contribution >= 0.6 is 0 Å². The molecular weight excluding hydrogens is 316 g/mol. The van der Waals surface area contributed by atoms with Gasteiger partial charge in [-0.2, -0.15) is 0 Å². The van der Waals surface area contributed by atoms with Gasteiger partial charge in [-0.1, -0.05) is 25.7 Å². The molecule has 2 saturated heterocycles. The summed E-state index contributed by atoms with van der Waals surface area (Å²) in [6.07, 6.45) is 3.47. The maximum atomic E-state index is 13.1. The Morgan fingerprint density at radius 2 is 1.83 bits per heavy atom. The van der Waals surface area contributed by atoms with Crippen LogP contribution in [0.15, 0.2) is 0 Å². The molecule has 2 aliphatic carbocycles. The molecule has 2 aliphatic heterocycles. The average molecular weight is 340 g/mol. The van der Waals surface area contributed by atoms with E-state index in [-0.39, 0.29) is 0 Å². The lowest BCUT2D eigenvalue weighted by molar-refractivity contribution is -0.354. The normalized spacial score (nSPS) is 49.3. The summed E-state index contributed by atoms with van der Waals surface area (Å²) < 4.78 is 28.3. The molecule has 4 aliphatic rings. The third-order valence-corrected chi connectivity index (χ3v) is 6.75. The van der Waals surface area contributed by atoms with Crippen molar-refractivity contribution in [3.63, 3.8) is 0 Å².